The molecule has 0 aliphatic carbocycles. The van der Waals surface area contributed by atoms with E-state index in [4.69, 9.17) is 23.2 Å². The molecule has 1 aromatic heterocycles. The largest absolute Gasteiger partial charge is 0.356 e. The quantitative estimate of drug-likeness (QED) is 0.215. The van der Waals surface area contributed by atoms with Gasteiger partial charge in [0, 0.05) is 23.6 Å². The van der Waals surface area contributed by atoms with Crippen LogP contribution in [0, 0.1) is 6.92 Å². The number of rotatable bonds is 8. The summed E-state index contributed by atoms with van der Waals surface area (Å²) in [6, 6.07) is 5.50. The van der Waals surface area contributed by atoms with Gasteiger partial charge in [-0.3, -0.25) is 0 Å². The molecule has 0 bridgehead atoms. The molecular formula is C18H27Cl2IN6S. The Hall–Kier alpha value is -0.710. The van der Waals surface area contributed by atoms with Crippen molar-refractivity contribution in [3.8, 4) is 0 Å². The highest BCUT2D eigenvalue weighted by atomic mass is 127. The third-order valence-corrected chi connectivity index (χ3v) is 5.42. The number of aliphatic imine (C=N–C) groups is 1. The number of guanidine groups is 1. The Bertz CT molecular complexity index is 783. The van der Waals surface area contributed by atoms with Gasteiger partial charge < -0.3 is 15.2 Å². The maximum atomic E-state index is 6.34. The topological polar surface area (TPSA) is 67.1 Å². The molecule has 28 heavy (non-hydrogen) atoms. The molecule has 0 fully saturated rings. The molecule has 2 N–H and O–H groups in total. The van der Waals surface area contributed by atoms with Gasteiger partial charge in [0.15, 0.2) is 11.8 Å². The SMILES string of the molecule is CSCCCNC(=NCc1nnc(C)n1C)NC(C)c1ccc(Cl)cc1Cl.I. The predicted octanol–water partition coefficient (Wildman–Crippen LogP) is 4.60. The van der Waals surface area contributed by atoms with Crippen LogP contribution in [0.25, 0.3) is 0 Å². The molecule has 1 heterocycles. The van der Waals surface area contributed by atoms with Crippen molar-refractivity contribution < 1.29 is 0 Å². The molecule has 0 radical (unpaired) electrons. The Morgan fingerprint density at radius 2 is 2.07 bits per heavy atom. The van der Waals surface area contributed by atoms with Gasteiger partial charge in [0.1, 0.15) is 12.4 Å². The lowest BCUT2D eigenvalue weighted by molar-refractivity contribution is 0.674. The first-order chi connectivity index (χ1) is 12.9. The molecule has 2 rings (SSSR count). The van der Waals surface area contributed by atoms with Gasteiger partial charge in [-0.1, -0.05) is 29.3 Å². The van der Waals surface area contributed by atoms with E-state index in [0.717, 1.165) is 41.9 Å². The number of nitrogens with zero attached hydrogens (tertiary/aromatic N) is 4. The second-order valence-corrected chi connectivity index (χ2v) is 8.02. The molecule has 0 aliphatic rings. The molecular weight excluding hydrogens is 530 g/mol. The van der Waals surface area contributed by atoms with E-state index in [0.29, 0.717) is 16.6 Å². The van der Waals surface area contributed by atoms with Crippen molar-refractivity contribution in [2.45, 2.75) is 32.9 Å². The molecule has 0 saturated carbocycles. The Labute approximate surface area is 198 Å². The van der Waals surface area contributed by atoms with E-state index in [1.165, 1.54) is 0 Å². The fourth-order valence-corrected chi connectivity index (χ4v) is 3.46. The maximum Gasteiger partial charge on any atom is 0.192 e. The number of benzene rings is 1. The number of thioether (sulfide) groups is 1. The second kappa shape index (κ2) is 12.8. The van der Waals surface area contributed by atoms with Crippen molar-refractivity contribution in [2.75, 3.05) is 18.6 Å². The lowest BCUT2D eigenvalue weighted by Crippen LogP contribution is -2.39. The first kappa shape index (κ1) is 25.3. The first-order valence-electron chi connectivity index (χ1n) is 8.76. The predicted molar refractivity (Wildman–Crippen MR) is 131 cm³/mol. The summed E-state index contributed by atoms with van der Waals surface area (Å²) in [5.41, 5.74) is 0.967. The van der Waals surface area contributed by atoms with E-state index in [1.807, 2.05) is 49.4 Å². The van der Waals surface area contributed by atoms with Crippen LogP contribution in [0.15, 0.2) is 23.2 Å². The number of hydrogen-bond acceptors (Lipinski definition) is 4. The average Bonchev–Trinajstić information content (AvgIpc) is 2.94. The molecule has 0 amide bonds. The zero-order valence-corrected chi connectivity index (χ0v) is 21.2. The summed E-state index contributed by atoms with van der Waals surface area (Å²) in [6.07, 6.45) is 3.16. The van der Waals surface area contributed by atoms with Gasteiger partial charge in [-0.25, -0.2) is 4.99 Å². The summed E-state index contributed by atoms with van der Waals surface area (Å²) in [4.78, 5) is 4.67. The highest BCUT2D eigenvalue weighted by Gasteiger charge is 2.12. The fraction of sp³-hybridized carbons (Fsp3) is 0.500. The lowest BCUT2D eigenvalue weighted by atomic mass is 10.1. The second-order valence-electron chi connectivity index (χ2n) is 6.19. The van der Waals surface area contributed by atoms with Crippen LogP contribution in [-0.4, -0.2) is 39.3 Å². The summed E-state index contributed by atoms with van der Waals surface area (Å²) >= 11 is 14.2. The minimum atomic E-state index is -0.0252. The molecule has 0 spiro atoms. The third-order valence-electron chi connectivity index (χ3n) is 4.16. The number of aryl methyl sites for hydroxylation is 1. The Balaban J connectivity index is 0.00000392. The van der Waals surface area contributed by atoms with E-state index < -0.39 is 0 Å². The standard InChI is InChI=1S/C18H26Cl2N6S.HI/c1-12(15-7-6-14(19)10-16(15)20)23-18(21-8-5-9-27-4)22-11-17-25-24-13(2)26(17)3;/h6-7,10,12H,5,8-9,11H2,1-4H3,(H2,21,22,23);1H. The van der Waals surface area contributed by atoms with Gasteiger partial charge in [-0.05, 0) is 50.0 Å². The number of aromatic nitrogens is 3. The van der Waals surface area contributed by atoms with Crippen LogP contribution < -0.4 is 10.6 Å². The van der Waals surface area contributed by atoms with Gasteiger partial charge in [-0.15, -0.1) is 34.2 Å². The van der Waals surface area contributed by atoms with E-state index in [1.54, 1.807) is 6.07 Å². The Kier molecular flexibility index (Phi) is 11.5. The molecule has 0 saturated heterocycles. The molecule has 0 aliphatic heterocycles. The maximum absolute atomic E-state index is 6.34. The summed E-state index contributed by atoms with van der Waals surface area (Å²) in [6.45, 7) is 5.24. The number of nitrogens with one attached hydrogen (secondary N) is 2. The highest BCUT2D eigenvalue weighted by molar-refractivity contribution is 14.0. The third kappa shape index (κ3) is 7.61. The van der Waals surface area contributed by atoms with Gasteiger partial charge in [0.2, 0.25) is 0 Å². The minimum Gasteiger partial charge on any atom is -0.356 e. The highest BCUT2D eigenvalue weighted by Crippen LogP contribution is 2.26. The molecule has 6 nitrogen and oxygen atoms in total. The molecule has 1 atom stereocenters. The van der Waals surface area contributed by atoms with E-state index in [-0.39, 0.29) is 30.0 Å². The van der Waals surface area contributed by atoms with Gasteiger partial charge in [0.05, 0.1) is 6.04 Å². The smallest absolute Gasteiger partial charge is 0.192 e. The van der Waals surface area contributed by atoms with Crippen LogP contribution in [0.1, 0.15) is 36.6 Å². The summed E-state index contributed by atoms with van der Waals surface area (Å²) < 4.78 is 1.94. The van der Waals surface area contributed by atoms with Crippen LogP contribution in [0.5, 0.6) is 0 Å². The van der Waals surface area contributed by atoms with E-state index in [2.05, 4.69) is 32.1 Å². The molecule has 156 valence electrons. The molecule has 1 aromatic carbocycles. The fourth-order valence-electron chi connectivity index (χ4n) is 2.45. The van der Waals surface area contributed by atoms with Gasteiger partial charge >= 0.3 is 0 Å². The minimum absolute atomic E-state index is 0. The molecule has 10 heteroatoms. The molecule has 2 aromatic rings. The summed E-state index contributed by atoms with van der Waals surface area (Å²) in [5, 5.41) is 16.3. The Morgan fingerprint density at radius 1 is 1.32 bits per heavy atom. The summed E-state index contributed by atoms with van der Waals surface area (Å²) in [5.74, 6) is 3.50. The van der Waals surface area contributed by atoms with Gasteiger partial charge in [0.25, 0.3) is 0 Å². The molecule has 1 unspecified atom stereocenters. The van der Waals surface area contributed by atoms with Crippen LogP contribution >= 0.6 is 58.9 Å². The van der Waals surface area contributed by atoms with Crippen molar-refractivity contribution in [1.82, 2.24) is 25.4 Å². The average molecular weight is 557 g/mol. The van der Waals surface area contributed by atoms with Crippen LogP contribution in [0.3, 0.4) is 0 Å². The van der Waals surface area contributed by atoms with Crippen molar-refractivity contribution >= 4 is 64.9 Å². The first-order valence-corrected chi connectivity index (χ1v) is 10.9. The van der Waals surface area contributed by atoms with E-state index >= 15 is 0 Å². The van der Waals surface area contributed by atoms with Crippen molar-refractivity contribution in [3.05, 3.63) is 45.5 Å². The zero-order valence-electron chi connectivity index (χ0n) is 16.5. The normalized spacial score (nSPS) is 12.4. The van der Waals surface area contributed by atoms with Crippen molar-refractivity contribution in [2.24, 2.45) is 12.0 Å². The van der Waals surface area contributed by atoms with Crippen LogP contribution in [0.2, 0.25) is 10.0 Å². The Morgan fingerprint density at radius 3 is 2.68 bits per heavy atom. The zero-order chi connectivity index (χ0) is 19.8. The van der Waals surface area contributed by atoms with Gasteiger partial charge in [-0.2, -0.15) is 11.8 Å². The number of hydrogen-bond donors (Lipinski definition) is 2. The lowest BCUT2D eigenvalue weighted by Gasteiger charge is -2.20. The monoisotopic (exact) mass is 556 g/mol. The van der Waals surface area contributed by atoms with Crippen molar-refractivity contribution in [3.63, 3.8) is 0 Å². The van der Waals surface area contributed by atoms with Crippen LogP contribution in [0.4, 0.5) is 0 Å². The number of halogens is 3. The van der Waals surface area contributed by atoms with Crippen LogP contribution in [-0.2, 0) is 13.6 Å². The summed E-state index contributed by atoms with van der Waals surface area (Å²) in [7, 11) is 1.94. The van der Waals surface area contributed by atoms with Crippen molar-refractivity contribution in [1.29, 1.82) is 0 Å². The van der Waals surface area contributed by atoms with E-state index in [9.17, 15) is 0 Å².